The summed E-state index contributed by atoms with van der Waals surface area (Å²) in [6, 6.07) is 0.139. The van der Waals surface area contributed by atoms with Crippen LogP contribution in [0.2, 0.25) is 0 Å². The number of imidazole rings is 1. The van der Waals surface area contributed by atoms with Crippen LogP contribution in [0.5, 0.6) is 0 Å². The van der Waals surface area contributed by atoms with E-state index in [0.717, 1.165) is 24.5 Å². The van der Waals surface area contributed by atoms with Crippen molar-refractivity contribution in [3.63, 3.8) is 0 Å². The maximum absolute atomic E-state index is 6.02. The number of aryl methyl sites for hydroxylation is 1. The average molecular weight is 193 g/mol. The lowest BCUT2D eigenvalue weighted by molar-refractivity contribution is 0.451. The molecule has 0 bridgehead atoms. The zero-order chi connectivity index (χ0) is 10.3. The molecule has 14 heavy (non-hydrogen) atoms. The summed E-state index contributed by atoms with van der Waals surface area (Å²) in [6.45, 7) is 7.64. The first-order chi connectivity index (χ1) is 6.48. The van der Waals surface area contributed by atoms with Crippen LogP contribution in [0, 0.1) is 0 Å². The van der Waals surface area contributed by atoms with Crippen molar-refractivity contribution in [2.45, 2.75) is 51.6 Å². The fraction of sp³-hybridized carbons (Fsp3) is 0.727. The third-order valence-corrected chi connectivity index (χ3v) is 2.82. The molecular weight excluding hydrogens is 174 g/mol. The van der Waals surface area contributed by atoms with Crippen LogP contribution in [-0.4, -0.2) is 9.55 Å². The van der Waals surface area contributed by atoms with Crippen LogP contribution in [0.15, 0.2) is 6.20 Å². The second kappa shape index (κ2) is 3.09. The first-order valence-electron chi connectivity index (χ1n) is 5.31. The lowest BCUT2D eigenvalue weighted by atomic mass is 9.93. The number of nitrogens with zero attached hydrogens (tertiary/aromatic N) is 2. The third-order valence-electron chi connectivity index (χ3n) is 2.82. The molecular formula is C11H19N3. The van der Waals surface area contributed by atoms with Gasteiger partial charge in [-0.2, -0.15) is 0 Å². The van der Waals surface area contributed by atoms with E-state index in [1.165, 1.54) is 6.42 Å². The molecule has 1 aromatic rings. The van der Waals surface area contributed by atoms with Crippen LogP contribution < -0.4 is 5.73 Å². The molecule has 1 unspecified atom stereocenters. The highest BCUT2D eigenvalue weighted by Gasteiger charge is 2.24. The summed E-state index contributed by atoms with van der Waals surface area (Å²) in [4.78, 5) is 4.64. The van der Waals surface area contributed by atoms with Crippen molar-refractivity contribution in [2.24, 2.45) is 5.73 Å². The first kappa shape index (κ1) is 9.71. The summed E-state index contributed by atoms with van der Waals surface area (Å²) in [5, 5.41) is 0. The van der Waals surface area contributed by atoms with Gasteiger partial charge in [-0.3, -0.25) is 0 Å². The van der Waals surface area contributed by atoms with Gasteiger partial charge >= 0.3 is 0 Å². The van der Waals surface area contributed by atoms with Crippen LogP contribution in [0.25, 0.3) is 0 Å². The highest BCUT2D eigenvalue weighted by atomic mass is 15.1. The van der Waals surface area contributed by atoms with Crippen LogP contribution in [0.1, 0.15) is 51.2 Å². The average Bonchev–Trinajstić information content (AvgIpc) is 2.48. The quantitative estimate of drug-likeness (QED) is 0.684. The van der Waals surface area contributed by atoms with E-state index in [1.807, 2.05) is 0 Å². The topological polar surface area (TPSA) is 43.8 Å². The van der Waals surface area contributed by atoms with Gasteiger partial charge in [0.15, 0.2) is 0 Å². The minimum atomic E-state index is 0.129. The number of rotatable bonds is 0. The zero-order valence-corrected chi connectivity index (χ0v) is 9.25. The van der Waals surface area contributed by atoms with E-state index < -0.39 is 0 Å². The van der Waals surface area contributed by atoms with Gasteiger partial charge in [0, 0.05) is 18.2 Å². The summed E-state index contributed by atoms with van der Waals surface area (Å²) in [5.74, 6) is 1.07. The summed E-state index contributed by atoms with van der Waals surface area (Å²) in [6.07, 6.45) is 4.41. The van der Waals surface area contributed by atoms with Crippen LogP contribution in [-0.2, 0) is 12.0 Å². The van der Waals surface area contributed by atoms with Gasteiger partial charge in [0.2, 0.25) is 0 Å². The Labute approximate surface area is 85.3 Å². The van der Waals surface area contributed by atoms with Crippen molar-refractivity contribution >= 4 is 0 Å². The number of nitrogens with two attached hydrogens (primary N) is 1. The van der Waals surface area contributed by atoms with Gasteiger partial charge in [0.05, 0.1) is 11.7 Å². The normalized spacial score (nSPS) is 22.1. The van der Waals surface area contributed by atoms with Gasteiger partial charge in [0.25, 0.3) is 0 Å². The number of hydrogen-bond donors (Lipinski definition) is 1. The van der Waals surface area contributed by atoms with E-state index in [1.54, 1.807) is 0 Å². The molecule has 2 heterocycles. The fourth-order valence-corrected chi connectivity index (χ4v) is 1.88. The summed E-state index contributed by atoms with van der Waals surface area (Å²) >= 11 is 0. The number of aromatic nitrogens is 2. The molecule has 78 valence electrons. The summed E-state index contributed by atoms with van der Waals surface area (Å²) < 4.78 is 2.22. The lowest BCUT2D eigenvalue weighted by Gasteiger charge is -2.19. The molecule has 0 aromatic carbocycles. The van der Waals surface area contributed by atoms with Crippen LogP contribution in [0.3, 0.4) is 0 Å². The SMILES string of the molecule is CC(C)(C)c1cn2c(n1)C(N)CCC2. The second-order valence-electron chi connectivity index (χ2n) is 5.18. The van der Waals surface area contributed by atoms with E-state index in [9.17, 15) is 0 Å². The predicted molar refractivity (Wildman–Crippen MR) is 57.1 cm³/mol. The van der Waals surface area contributed by atoms with Crippen molar-refractivity contribution in [1.82, 2.24) is 9.55 Å². The van der Waals surface area contributed by atoms with Crippen molar-refractivity contribution < 1.29 is 0 Å². The molecule has 0 fully saturated rings. The summed E-state index contributed by atoms with van der Waals surface area (Å²) in [7, 11) is 0. The molecule has 0 saturated carbocycles. The molecule has 1 aliphatic heterocycles. The highest BCUT2D eigenvalue weighted by molar-refractivity contribution is 5.16. The van der Waals surface area contributed by atoms with Gasteiger partial charge in [0.1, 0.15) is 5.82 Å². The van der Waals surface area contributed by atoms with Crippen molar-refractivity contribution in [3.05, 3.63) is 17.7 Å². The van der Waals surface area contributed by atoms with Gasteiger partial charge in [-0.1, -0.05) is 20.8 Å². The Bertz CT molecular complexity index is 333. The van der Waals surface area contributed by atoms with E-state index >= 15 is 0 Å². The van der Waals surface area contributed by atoms with Gasteiger partial charge in [-0.05, 0) is 12.8 Å². The number of fused-ring (bicyclic) bond motifs is 1. The molecule has 0 spiro atoms. The van der Waals surface area contributed by atoms with Crippen molar-refractivity contribution in [2.75, 3.05) is 0 Å². The Morgan fingerprint density at radius 1 is 1.50 bits per heavy atom. The van der Waals surface area contributed by atoms with Crippen molar-refractivity contribution in [3.8, 4) is 0 Å². The monoisotopic (exact) mass is 193 g/mol. The predicted octanol–water partition coefficient (Wildman–Crippen LogP) is 1.97. The highest BCUT2D eigenvalue weighted by Crippen LogP contribution is 2.27. The molecule has 1 atom stereocenters. The minimum Gasteiger partial charge on any atom is -0.333 e. The van der Waals surface area contributed by atoms with Gasteiger partial charge < -0.3 is 10.3 Å². The molecule has 2 N–H and O–H groups in total. The van der Waals surface area contributed by atoms with Crippen LogP contribution in [0.4, 0.5) is 0 Å². The van der Waals surface area contributed by atoms with E-state index in [0.29, 0.717) is 0 Å². The third kappa shape index (κ3) is 1.57. The largest absolute Gasteiger partial charge is 0.333 e. The summed E-state index contributed by atoms with van der Waals surface area (Å²) in [5.41, 5.74) is 7.31. The maximum Gasteiger partial charge on any atom is 0.125 e. The molecule has 0 radical (unpaired) electrons. The standard InChI is InChI=1S/C11H19N3/c1-11(2,3)9-7-14-6-4-5-8(12)10(14)13-9/h7-8H,4-6,12H2,1-3H3. The Morgan fingerprint density at radius 2 is 2.21 bits per heavy atom. The molecule has 2 rings (SSSR count). The van der Waals surface area contributed by atoms with E-state index in [-0.39, 0.29) is 11.5 Å². The second-order valence-corrected chi connectivity index (χ2v) is 5.18. The molecule has 1 aromatic heterocycles. The fourth-order valence-electron chi connectivity index (χ4n) is 1.88. The Morgan fingerprint density at radius 3 is 2.79 bits per heavy atom. The molecule has 0 saturated heterocycles. The van der Waals surface area contributed by atoms with Crippen LogP contribution >= 0.6 is 0 Å². The molecule has 3 heteroatoms. The molecule has 0 amide bonds. The zero-order valence-electron chi connectivity index (χ0n) is 9.25. The smallest absolute Gasteiger partial charge is 0.125 e. The molecule has 3 nitrogen and oxygen atoms in total. The van der Waals surface area contributed by atoms with Crippen molar-refractivity contribution in [1.29, 1.82) is 0 Å². The molecule has 1 aliphatic rings. The Hall–Kier alpha value is -0.830. The lowest BCUT2D eigenvalue weighted by Crippen LogP contribution is -2.21. The minimum absolute atomic E-state index is 0.129. The van der Waals surface area contributed by atoms with Gasteiger partial charge in [-0.25, -0.2) is 4.98 Å². The van der Waals surface area contributed by atoms with E-state index in [2.05, 4.69) is 36.5 Å². The number of hydrogen-bond acceptors (Lipinski definition) is 2. The van der Waals surface area contributed by atoms with E-state index in [4.69, 9.17) is 5.73 Å². The Balaban J connectivity index is 2.40. The Kier molecular flexibility index (Phi) is 2.14. The first-order valence-corrected chi connectivity index (χ1v) is 5.31. The maximum atomic E-state index is 6.02. The van der Waals surface area contributed by atoms with Gasteiger partial charge in [-0.15, -0.1) is 0 Å². The molecule has 0 aliphatic carbocycles.